The highest BCUT2D eigenvalue weighted by molar-refractivity contribution is 5.98. The maximum absolute atomic E-state index is 12.2. The molecule has 1 amide bonds. The van der Waals surface area contributed by atoms with Gasteiger partial charge in [0.1, 0.15) is 5.75 Å². The number of nitrogens with one attached hydrogen (secondary N) is 1. The monoisotopic (exact) mass is 279 g/mol. The maximum Gasteiger partial charge on any atom is 0.255 e. The van der Waals surface area contributed by atoms with E-state index >= 15 is 0 Å². The molecule has 5 heteroatoms. The molecular weight excluding hydrogens is 254 g/mol. The number of aryl methyl sites for hydroxylation is 1. The Kier molecular flexibility index (Phi) is 6.31. The largest absolute Gasteiger partial charge is 0.496 e. The Labute approximate surface area is 121 Å². The lowest BCUT2D eigenvalue weighted by Gasteiger charge is -2.18. The van der Waals surface area contributed by atoms with E-state index in [1.807, 2.05) is 6.92 Å². The van der Waals surface area contributed by atoms with Crippen LogP contribution < -0.4 is 15.8 Å². The molecule has 0 aromatic heterocycles. The summed E-state index contributed by atoms with van der Waals surface area (Å²) in [5.74, 6) is 0.401. The Morgan fingerprint density at radius 3 is 2.55 bits per heavy atom. The normalized spacial score (nSPS) is 10.7. The van der Waals surface area contributed by atoms with Crippen LogP contribution in [0.5, 0.6) is 5.75 Å². The summed E-state index contributed by atoms with van der Waals surface area (Å²) in [5.41, 5.74) is 7.84. The topological polar surface area (TPSA) is 67.6 Å². The van der Waals surface area contributed by atoms with Gasteiger partial charge in [0.05, 0.1) is 12.7 Å². The quantitative estimate of drug-likeness (QED) is 0.745. The summed E-state index contributed by atoms with van der Waals surface area (Å²) in [4.78, 5) is 14.4. The van der Waals surface area contributed by atoms with E-state index in [9.17, 15) is 4.79 Å². The molecule has 0 atom stereocenters. The second-order valence-corrected chi connectivity index (χ2v) is 4.69. The number of nitrogens with two attached hydrogens (primary N) is 1. The first-order valence-electron chi connectivity index (χ1n) is 6.98. The number of nitrogens with zero attached hydrogens (tertiary/aromatic N) is 1. The molecule has 0 aliphatic rings. The van der Waals surface area contributed by atoms with E-state index in [1.54, 1.807) is 19.2 Å². The Morgan fingerprint density at radius 2 is 2.00 bits per heavy atom. The molecule has 1 aromatic rings. The molecule has 0 fully saturated rings. The van der Waals surface area contributed by atoms with Crippen LogP contribution in [0.15, 0.2) is 12.1 Å². The molecule has 0 unspecified atom stereocenters. The zero-order chi connectivity index (χ0) is 15.1. The number of hydrogen-bond donors (Lipinski definition) is 2. The third kappa shape index (κ3) is 4.13. The number of ether oxygens (including phenoxy) is 1. The second kappa shape index (κ2) is 7.75. The number of nitrogen functional groups attached to an aromatic ring is 1. The van der Waals surface area contributed by atoms with Gasteiger partial charge in [0.2, 0.25) is 0 Å². The van der Waals surface area contributed by atoms with Gasteiger partial charge in [-0.15, -0.1) is 0 Å². The van der Waals surface area contributed by atoms with E-state index in [1.165, 1.54) is 0 Å². The van der Waals surface area contributed by atoms with Crippen molar-refractivity contribution >= 4 is 11.6 Å². The van der Waals surface area contributed by atoms with Crippen molar-refractivity contribution in [1.29, 1.82) is 0 Å². The number of hydrogen-bond acceptors (Lipinski definition) is 4. The fourth-order valence-corrected chi connectivity index (χ4v) is 2.01. The van der Waals surface area contributed by atoms with Crippen LogP contribution in [0.2, 0.25) is 0 Å². The van der Waals surface area contributed by atoms with Crippen LogP contribution in [0, 0.1) is 6.92 Å². The average Bonchev–Trinajstić information content (AvgIpc) is 2.45. The summed E-state index contributed by atoms with van der Waals surface area (Å²) >= 11 is 0. The number of anilines is 1. The molecule has 0 saturated carbocycles. The van der Waals surface area contributed by atoms with Gasteiger partial charge in [-0.05, 0) is 37.7 Å². The highest BCUT2D eigenvalue weighted by atomic mass is 16.5. The molecule has 0 aliphatic heterocycles. The summed E-state index contributed by atoms with van der Waals surface area (Å²) in [6.07, 6.45) is 0. The predicted molar refractivity (Wildman–Crippen MR) is 82.3 cm³/mol. The second-order valence-electron chi connectivity index (χ2n) is 4.69. The summed E-state index contributed by atoms with van der Waals surface area (Å²) in [6, 6.07) is 3.45. The molecule has 112 valence electrons. The van der Waals surface area contributed by atoms with Gasteiger partial charge in [-0.3, -0.25) is 4.79 Å². The predicted octanol–water partition coefficient (Wildman–Crippen LogP) is 1.66. The van der Waals surface area contributed by atoms with Gasteiger partial charge in [-0.2, -0.15) is 0 Å². The number of likely N-dealkylation sites (N-methyl/N-ethyl adjacent to an activating group) is 1. The van der Waals surface area contributed by atoms with Crippen molar-refractivity contribution < 1.29 is 9.53 Å². The number of carbonyl (C=O) groups is 1. The van der Waals surface area contributed by atoms with Crippen molar-refractivity contribution in [3.8, 4) is 5.75 Å². The zero-order valence-electron chi connectivity index (χ0n) is 12.8. The molecule has 5 nitrogen and oxygen atoms in total. The molecule has 20 heavy (non-hydrogen) atoms. The number of methoxy groups -OCH3 is 1. The van der Waals surface area contributed by atoms with Crippen LogP contribution in [-0.2, 0) is 0 Å². The van der Waals surface area contributed by atoms with Crippen molar-refractivity contribution in [2.75, 3.05) is 39.0 Å². The lowest BCUT2D eigenvalue weighted by molar-refractivity contribution is 0.0946. The Bertz CT molecular complexity index is 457. The fourth-order valence-electron chi connectivity index (χ4n) is 2.01. The van der Waals surface area contributed by atoms with Crippen LogP contribution in [-0.4, -0.2) is 44.1 Å². The van der Waals surface area contributed by atoms with Gasteiger partial charge in [0.25, 0.3) is 5.91 Å². The molecule has 3 N–H and O–H groups in total. The van der Waals surface area contributed by atoms with E-state index < -0.39 is 0 Å². The molecule has 1 rings (SSSR count). The van der Waals surface area contributed by atoms with Gasteiger partial charge >= 0.3 is 0 Å². The number of benzene rings is 1. The lowest BCUT2D eigenvalue weighted by atomic mass is 10.1. The summed E-state index contributed by atoms with van der Waals surface area (Å²) in [5, 5.41) is 2.90. The molecule has 0 spiro atoms. The molecular formula is C15H25N3O2. The van der Waals surface area contributed by atoms with E-state index in [0.29, 0.717) is 23.5 Å². The highest BCUT2D eigenvalue weighted by Crippen LogP contribution is 2.24. The number of carbonyl (C=O) groups excluding carboxylic acids is 1. The van der Waals surface area contributed by atoms with Crippen LogP contribution in [0.25, 0.3) is 0 Å². The summed E-state index contributed by atoms with van der Waals surface area (Å²) < 4.78 is 5.25. The maximum atomic E-state index is 12.2. The Hall–Kier alpha value is -1.75. The molecule has 0 heterocycles. The van der Waals surface area contributed by atoms with Crippen LogP contribution in [0.4, 0.5) is 5.69 Å². The van der Waals surface area contributed by atoms with E-state index in [-0.39, 0.29) is 5.91 Å². The van der Waals surface area contributed by atoms with Crippen LogP contribution >= 0.6 is 0 Å². The molecule has 0 radical (unpaired) electrons. The van der Waals surface area contributed by atoms with Gasteiger partial charge in [0, 0.05) is 18.8 Å². The van der Waals surface area contributed by atoms with E-state index in [0.717, 1.165) is 25.2 Å². The first-order chi connectivity index (χ1) is 9.53. The van der Waals surface area contributed by atoms with Crippen molar-refractivity contribution in [3.05, 3.63) is 23.3 Å². The summed E-state index contributed by atoms with van der Waals surface area (Å²) in [6.45, 7) is 9.50. The molecule has 0 saturated heterocycles. The first kappa shape index (κ1) is 16.3. The van der Waals surface area contributed by atoms with Crippen molar-refractivity contribution in [3.63, 3.8) is 0 Å². The number of rotatable bonds is 7. The Morgan fingerprint density at radius 1 is 1.35 bits per heavy atom. The van der Waals surface area contributed by atoms with Gasteiger partial charge in [0.15, 0.2) is 0 Å². The molecule has 0 bridgehead atoms. The van der Waals surface area contributed by atoms with E-state index in [2.05, 4.69) is 24.1 Å². The minimum atomic E-state index is -0.152. The third-order valence-electron chi connectivity index (χ3n) is 3.44. The van der Waals surface area contributed by atoms with Gasteiger partial charge in [-0.25, -0.2) is 0 Å². The third-order valence-corrected chi connectivity index (χ3v) is 3.44. The lowest BCUT2D eigenvalue weighted by Crippen LogP contribution is -2.35. The van der Waals surface area contributed by atoms with Gasteiger partial charge < -0.3 is 20.7 Å². The van der Waals surface area contributed by atoms with Gasteiger partial charge in [-0.1, -0.05) is 13.8 Å². The molecule has 1 aromatic carbocycles. The molecule has 0 aliphatic carbocycles. The zero-order valence-corrected chi connectivity index (χ0v) is 12.8. The first-order valence-corrected chi connectivity index (χ1v) is 6.98. The van der Waals surface area contributed by atoms with E-state index in [4.69, 9.17) is 10.5 Å². The minimum absolute atomic E-state index is 0.152. The fraction of sp³-hybridized carbons (Fsp3) is 0.533. The van der Waals surface area contributed by atoms with Crippen molar-refractivity contribution in [2.45, 2.75) is 20.8 Å². The SMILES string of the molecule is CCN(CC)CCNC(=O)c1cc(N)c(C)cc1OC. The Balaban J connectivity index is 2.70. The average molecular weight is 279 g/mol. The van der Waals surface area contributed by atoms with Crippen LogP contribution in [0.3, 0.4) is 0 Å². The highest BCUT2D eigenvalue weighted by Gasteiger charge is 2.14. The van der Waals surface area contributed by atoms with Crippen molar-refractivity contribution in [1.82, 2.24) is 10.2 Å². The smallest absolute Gasteiger partial charge is 0.255 e. The number of amides is 1. The van der Waals surface area contributed by atoms with Crippen molar-refractivity contribution in [2.24, 2.45) is 0 Å². The van der Waals surface area contributed by atoms with Crippen LogP contribution in [0.1, 0.15) is 29.8 Å². The summed E-state index contributed by atoms with van der Waals surface area (Å²) in [7, 11) is 1.55. The standard InChI is InChI=1S/C15H25N3O2/c1-5-18(6-2)8-7-17-15(19)12-10-13(16)11(3)9-14(12)20-4/h9-10H,5-8,16H2,1-4H3,(H,17,19). The minimum Gasteiger partial charge on any atom is -0.496 e.